The van der Waals surface area contributed by atoms with Gasteiger partial charge in [0.25, 0.3) is 0 Å². The normalized spacial score (nSPS) is 15.1. The standard InChI is InChI=1S/C13H29N3O/c1-7-11(4)15-13(17)8-14-12(10(2)3)9-16(5)6/h10-12,14H,7-9H2,1-6H3,(H,15,17). The summed E-state index contributed by atoms with van der Waals surface area (Å²) >= 11 is 0. The predicted molar refractivity (Wildman–Crippen MR) is 73.1 cm³/mol. The van der Waals surface area contributed by atoms with E-state index in [-0.39, 0.29) is 11.9 Å². The molecule has 4 nitrogen and oxygen atoms in total. The minimum Gasteiger partial charge on any atom is -0.353 e. The highest BCUT2D eigenvalue weighted by Gasteiger charge is 2.15. The van der Waals surface area contributed by atoms with Crippen LogP contribution in [0.15, 0.2) is 0 Å². The lowest BCUT2D eigenvalue weighted by molar-refractivity contribution is -0.121. The second kappa shape index (κ2) is 8.48. The lowest BCUT2D eigenvalue weighted by Crippen LogP contribution is -2.47. The number of nitrogens with one attached hydrogen (secondary N) is 2. The Morgan fingerprint density at radius 1 is 1.24 bits per heavy atom. The van der Waals surface area contributed by atoms with E-state index in [9.17, 15) is 4.79 Å². The highest BCUT2D eigenvalue weighted by Crippen LogP contribution is 2.02. The van der Waals surface area contributed by atoms with Gasteiger partial charge in [-0.3, -0.25) is 4.79 Å². The predicted octanol–water partition coefficient (Wildman–Crippen LogP) is 1.08. The van der Waals surface area contributed by atoms with Crippen molar-refractivity contribution in [1.29, 1.82) is 0 Å². The van der Waals surface area contributed by atoms with Crippen molar-refractivity contribution in [1.82, 2.24) is 15.5 Å². The van der Waals surface area contributed by atoms with Crippen molar-refractivity contribution in [3.8, 4) is 0 Å². The third kappa shape index (κ3) is 8.16. The van der Waals surface area contributed by atoms with E-state index < -0.39 is 0 Å². The molecule has 17 heavy (non-hydrogen) atoms. The zero-order chi connectivity index (χ0) is 13.4. The highest BCUT2D eigenvalue weighted by molar-refractivity contribution is 5.78. The molecule has 1 amide bonds. The smallest absolute Gasteiger partial charge is 0.234 e. The molecule has 0 radical (unpaired) electrons. The number of carbonyl (C=O) groups is 1. The molecule has 0 saturated heterocycles. The minimum atomic E-state index is 0.0868. The Hall–Kier alpha value is -0.610. The van der Waals surface area contributed by atoms with Crippen LogP contribution < -0.4 is 10.6 Å². The first kappa shape index (κ1) is 16.4. The van der Waals surface area contributed by atoms with Crippen molar-refractivity contribution in [2.75, 3.05) is 27.2 Å². The van der Waals surface area contributed by atoms with Crippen LogP contribution in [0.4, 0.5) is 0 Å². The number of hydrogen-bond donors (Lipinski definition) is 2. The molecule has 0 aromatic rings. The van der Waals surface area contributed by atoms with Crippen molar-refractivity contribution in [2.45, 2.75) is 46.2 Å². The molecule has 4 heteroatoms. The molecule has 2 unspecified atom stereocenters. The van der Waals surface area contributed by atoms with Crippen molar-refractivity contribution in [3.05, 3.63) is 0 Å². The Balaban J connectivity index is 3.99. The Labute approximate surface area is 106 Å². The van der Waals surface area contributed by atoms with E-state index >= 15 is 0 Å². The molecule has 2 atom stereocenters. The SMILES string of the molecule is CCC(C)NC(=O)CNC(CN(C)C)C(C)C. The van der Waals surface area contributed by atoms with E-state index in [0.29, 0.717) is 18.5 Å². The maximum Gasteiger partial charge on any atom is 0.234 e. The maximum absolute atomic E-state index is 11.6. The number of rotatable bonds is 8. The fraction of sp³-hybridized carbons (Fsp3) is 0.923. The number of hydrogen-bond acceptors (Lipinski definition) is 3. The van der Waals surface area contributed by atoms with Crippen LogP contribution >= 0.6 is 0 Å². The van der Waals surface area contributed by atoms with Gasteiger partial charge in [0.1, 0.15) is 0 Å². The van der Waals surface area contributed by atoms with Crippen LogP contribution in [0.3, 0.4) is 0 Å². The highest BCUT2D eigenvalue weighted by atomic mass is 16.1. The second-order valence-corrected chi connectivity index (χ2v) is 5.37. The molecule has 0 fully saturated rings. The largest absolute Gasteiger partial charge is 0.353 e. The molecule has 0 aromatic carbocycles. The van der Waals surface area contributed by atoms with E-state index in [0.717, 1.165) is 13.0 Å². The molecular weight excluding hydrogens is 214 g/mol. The Morgan fingerprint density at radius 2 is 1.82 bits per heavy atom. The number of amides is 1. The molecule has 0 aromatic heterocycles. The van der Waals surface area contributed by atoms with Gasteiger partial charge in [-0.25, -0.2) is 0 Å². The monoisotopic (exact) mass is 243 g/mol. The first-order chi connectivity index (χ1) is 7.86. The number of likely N-dealkylation sites (N-methyl/N-ethyl adjacent to an activating group) is 1. The quantitative estimate of drug-likeness (QED) is 0.670. The summed E-state index contributed by atoms with van der Waals surface area (Å²) in [4.78, 5) is 13.8. The molecule has 102 valence electrons. The summed E-state index contributed by atoms with van der Waals surface area (Å²) in [5, 5.41) is 6.29. The van der Waals surface area contributed by atoms with Crippen LogP contribution in [0.2, 0.25) is 0 Å². The zero-order valence-electron chi connectivity index (χ0n) is 12.2. The fourth-order valence-corrected chi connectivity index (χ4v) is 1.56. The van der Waals surface area contributed by atoms with E-state index in [1.54, 1.807) is 0 Å². The van der Waals surface area contributed by atoms with E-state index in [4.69, 9.17) is 0 Å². The van der Waals surface area contributed by atoms with Gasteiger partial charge in [-0.15, -0.1) is 0 Å². The molecule has 0 saturated carbocycles. The van der Waals surface area contributed by atoms with E-state index in [2.05, 4.69) is 50.4 Å². The Kier molecular flexibility index (Phi) is 8.17. The lowest BCUT2D eigenvalue weighted by atomic mass is 10.0. The molecular formula is C13H29N3O. The summed E-state index contributed by atoms with van der Waals surface area (Å²) in [7, 11) is 4.10. The van der Waals surface area contributed by atoms with Crippen LogP contribution in [0.1, 0.15) is 34.1 Å². The molecule has 0 spiro atoms. The van der Waals surface area contributed by atoms with Gasteiger partial charge in [-0.2, -0.15) is 0 Å². The third-order valence-electron chi connectivity index (χ3n) is 2.91. The summed E-state index contributed by atoms with van der Waals surface area (Å²) in [6.07, 6.45) is 0.969. The number of nitrogens with zero attached hydrogens (tertiary/aromatic N) is 1. The van der Waals surface area contributed by atoms with Gasteiger partial charge in [0.05, 0.1) is 6.54 Å². The molecule has 0 aliphatic rings. The van der Waals surface area contributed by atoms with Crippen molar-refractivity contribution in [2.24, 2.45) is 5.92 Å². The van der Waals surface area contributed by atoms with Gasteiger partial charge < -0.3 is 15.5 Å². The summed E-state index contributed by atoms with van der Waals surface area (Å²) in [5.41, 5.74) is 0. The third-order valence-corrected chi connectivity index (χ3v) is 2.91. The van der Waals surface area contributed by atoms with Crippen molar-refractivity contribution in [3.63, 3.8) is 0 Å². The topological polar surface area (TPSA) is 44.4 Å². The fourth-order valence-electron chi connectivity index (χ4n) is 1.56. The summed E-state index contributed by atoms with van der Waals surface area (Å²) in [6, 6.07) is 0.614. The molecule has 0 bridgehead atoms. The summed E-state index contributed by atoms with van der Waals surface area (Å²) in [5.74, 6) is 0.609. The summed E-state index contributed by atoms with van der Waals surface area (Å²) < 4.78 is 0. The van der Waals surface area contributed by atoms with Crippen molar-refractivity contribution < 1.29 is 4.79 Å². The average Bonchev–Trinajstić information content (AvgIpc) is 2.23. The zero-order valence-corrected chi connectivity index (χ0v) is 12.2. The van der Waals surface area contributed by atoms with Gasteiger partial charge in [-0.05, 0) is 33.4 Å². The molecule has 0 aliphatic heterocycles. The van der Waals surface area contributed by atoms with Crippen LogP contribution in [-0.4, -0.2) is 50.1 Å². The van der Waals surface area contributed by atoms with Crippen LogP contribution in [0.25, 0.3) is 0 Å². The van der Waals surface area contributed by atoms with Gasteiger partial charge in [0.2, 0.25) is 5.91 Å². The molecule has 0 aliphatic carbocycles. The van der Waals surface area contributed by atoms with Gasteiger partial charge >= 0.3 is 0 Å². The minimum absolute atomic E-state index is 0.0868. The first-order valence-corrected chi connectivity index (χ1v) is 6.54. The van der Waals surface area contributed by atoms with Crippen LogP contribution in [-0.2, 0) is 4.79 Å². The molecule has 0 rings (SSSR count). The van der Waals surface area contributed by atoms with Gasteiger partial charge in [0.15, 0.2) is 0 Å². The number of carbonyl (C=O) groups excluding carboxylic acids is 1. The lowest BCUT2D eigenvalue weighted by Gasteiger charge is -2.25. The van der Waals surface area contributed by atoms with Gasteiger partial charge in [-0.1, -0.05) is 20.8 Å². The van der Waals surface area contributed by atoms with Gasteiger partial charge in [0, 0.05) is 18.6 Å². The summed E-state index contributed by atoms with van der Waals surface area (Å²) in [6.45, 7) is 9.80. The Morgan fingerprint density at radius 3 is 2.24 bits per heavy atom. The van der Waals surface area contributed by atoms with Crippen LogP contribution in [0, 0.1) is 5.92 Å². The molecule has 0 heterocycles. The van der Waals surface area contributed by atoms with Crippen LogP contribution in [0.5, 0.6) is 0 Å². The maximum atomic E-state index is 11.6. The second-order valence-electron chi connectivity index (χ2n) is 5.37. The first-order valence-electron chi connectivity index (χ1n) is 6.54. The van der Waals surface area contributed by atoms with E-state index in [1.807, 2.05) is 6.92 Å². The van der Waals surface area contributed by atoms with Crippen molar-refractivity contribution >= 4 is 5.91 Å². The Bertz CT molecular complexity index is 217. The van der Waals surface area contributed by atoms with E-state index in [1.165, 1.54) is 0 Å². The average molecular weight is 243 g/mol. The molecule has 2 N–H and O–H groups in total.